The Bertz CT molecular complexity index is 771. The number of anilines is 1. The number of hydrogen-bond donors (Lipinski definition) is 1. The van der Waals surface area contributed by atoms with Crippen molar-refractivity contribution in [2.75, 3.05) is 5.73 Å². The Hall–Kier alpha value is -2.37. The summed E-state index contributed by atoms with van der Waals surface area (Å²) in [6.07, 6.45) is 1.83. The summed E-state index contributed by atoms with van der Waals surface area (Å²) in [5.74, 6) is 0.0376. The zero-order chi connectivity index (χ0) is 14.3. The Morgan fingerprint density at radius 3 is 2.85 bits per heavy atom. The molecule has 2 heterocycles. The van der Waals surface area contributed by atoms with Crippen LogP contribution in [-0.4, -0.2) is 19.3 Å². The zero-order valence-electron chi connectivity index (χ0n) is 11.5. The van der Waals surface area contributed by atoms with E-state index in [9.17, 15) is 4.39 Å². The van der Waals surface area contributed by atoms with Crippen LogP contribution in [0.25, 0.3) is 16.9 Å². The molecule has 5 nitrogen and oxygen atoms in total. The molecule has 3 aromatic rings. The van der Waals surface area contributed by atoms with Crippen LogP contribution in [0.1, 0.15) is 19.0 Å². The number of aromatic nitrogens is 4. The van der Waals surface area contributed by atoms with Crippen molar-refractivity contribution in [3.05, 3.63) is 35.8 Å². The standard InChI is InChI=1S/C14H16FN5/c1-3-5-11-12-13(19(2)18-11)20(14(16)17-12)10-7-4-6-9(15)8-10/h4,6-8H,3,5H2,1-2H3,(H2,16,17). The molecule has 0 saturated carbocycles. The minimum atomic E-state index is -0.306. The molecular formula is C14H16FN5. The highest BCUT2D eigenvalue weighted by Crippen LogP contribution is 2.25. The number of rotatable bonds is 3. The smallest absolute Gasteiger partial charge is 0.207 e. The quantitative estimate of drug-likeness (QED) is 0.797. The van der Waals surface area contributed by atoms with Gasteiger partial charge in [-0.25, -0.2) is 14.1 Å². The fraction of sp³-hybridized carbons (Fsp3) is 0.286. The molecule has 0 atom stereocenters. The topological polar surface area (TPSA) is 61.7 Å². The monoisotopic (exact) mass is 273 g/mol. The molecule has 0 aliphatic rings. The Kier molecular flexibility index (Phi) is 2.93. The van der Waals surface area contributed by atoms with Gasteiger partial charge in [-0.15, -0.1) is 0 Å². The highest BCUT2D eigenvalue weighted by Gasteiger charge is 2.18. The van der Waals surface area contributed by atoms with Crippen LogP contribution in [-0.2, 0) is 13.5 Å². The molecule has 0 fully saturated rings. The minimum Gasteiger partial charge on any atom is -0.369 e. The fourth-order valence-corrected chi connectivity index (χ4v) is 2.47. The third-order valence-electron chi connectivity index (χ3n) is 3.28. The normalized spacial score (nSPS) is 11.3. The van der Waals surface area contributed by atoms with E-state index < -0.39 is 0 Å². The lowest BCUT2D eigenvalue weighted by atomic mass is 10.2. The van der Waals surface area contributed by atoms with Crippen LogP contribution in [0, 0.1) is 5.82 Å². The summed E-state index contributed by atoms with van der Waals surface area (Å²) in [5, 5.41) is 4.47. The van der Waals surface area contributed by atoms with Crippen LogP contribution in [0.5, 0.6) is 0 Å². The molecule has 0 radical (unpaired) electrons. The molecule has 0 unspecified atom stereocenters. The number of imidazole rings is 1. The highest BCUT2D eigenvalue weighted by atomic mass is 19.1. The average molecular weight is 273 g/mol. The van der Waals surface area contributed by atoms with Crippen LogP contribution in [0.15, 0.2) is 24.3 Å². The largest absolute Gasteiger partial charge is 0.369 e. The van der Waals surface area contributed by atoms with Gasteiger partial charge in [0.15, 0.2) is 5.65 Å². The molecule has 0 bridgehead atoms. The van der Waals surface area contributed by atoms with E-state index in [2.05, 4.69) is 17.0 Å². The van der Waals surface area contributed by atoms with Gasteiger partial charge in [0.25, 0.3) is 0 Å². The third-order valence-corrected chi connectivity index (χ3v) is 3.28. The van der Waals surface area contributed by atoms with Crippen molar-refractivity contribution < 1.29 is 4.39 Å². The molecule has 0 aliphatic heterocycles. The van der Waals surface area contributed by atoms with Gasteiger partial charge < -0.3 is 5.73 Å². The molecule has 0 spiro atoms. The molecule has 0 saturated heterocycles. The van der Waals surface area contributed by atoms with E-state index in [1.54, 1.807) is 21.4 Å². The van der Waals surface area contributed by atoms with E-state index in [0.29, 0.717) is 11.6 Å². The van der Waals surface area contributed by atoms with Crippen molar-refractivity contribution in [1.29, 1.82) is 0 Å². The first-order chi connectivity index (χ1) is 9.61. The number of hydrogen-bond acceptors (Lipinski definition) is 3. The van der Waals surface area contributed by atoms with Gasteiger partial charge in [0.05, 0.1) is 11.4 Å². The van der Waals surface area contributed by atoms with Gasteiger partial charge in [-0.05, 0) is 24.6 Å². The zero-order valence-corrected chi connectivity index (χ0v) is 11.5. The second kappa shape index (κ2) is 4.63. The lowest BCUT2D eigenvalue weighted by Gasteiger charge is -2.06. The van der Waals surface area contributed by atoms with E-state index in [1.165, 1.54) is 12.1 Å². The van der Waals surface area contributed by atoms with Gasteiger partial charge in [-0.2, -0.15) is 5.10 Å². The highest BCUT2D eigenvalue weighted by molar-refractivity contribution is 5.80. The maximum Gasteiger partial charge on any atom is 0.207 e. The number of benzene rings is 1. The second-order valence-corrected chi connectivity index (χ2v) is 4.78. The first kappa shape index (κ1) is 12.7. The summed E-state index contributed by atoms with van der Waals surface area (Å²) in [4.78, 5) is 4.39. The van der Waals surface area contributed by atoms with E-state index >= 15 is 0 Å². The number of nitrogen functional groups attached to an aromatic ring is 1. The first-order valence-electron chi connectivity index (χ1n) is 6.57. The maximum atomic E-state index is 13.4. The van der Waals surface area contributed by atoms with Crippen LogP contribution in [0.3, 0.4) is 0 Å². The van der Waals surface area contributed by atoms with Gasteiger partial charge in [0.1, 0.15) is 11.3 Å². The molecule has 2 aromatic heterocycles. The van der Waals surface area contributed by atoms with Crippen LogP contribution in [0.2, 0.25) is 0 Å². The van der Waals surface area contributed by atoms with E-state index in [4.69, 9.17) is 5.73 Å². The van der Waals surface area contributed by atoms with Crippen LogP contribution >= 0.6 is 0 Å². The lowest BCUT2D eigenvalue weighted by Crippen LogP contribution is -2.05. The van der Waals surface area contributed by atoms with Gasteiger partial charge in [0, 0.05) is 7.05 Å². The summed E-state index contributed by atoms with van der Waals surface area (Å²) in [6.45, 7) is 2.09. The second-order valence-electron chi connectivity index (χ2n) is 4.78. The number of nitrogens with zero attached hydrogens (tertiary/aromatic N) is 4. The van der Waals surface area contributed by atoms with Crippen molar-refractivity contribution in [1.82, 2.24) is 19.3 Å². The Balaban J connectivity index is 2.28. The van der Waals surface area contributed by atoms with Crippen LogP contribution in [0.4, 0.5) is 10.3 Å². The van der Waals surface area contributed by atoms with Crippen molar-refractivity contribution in [3.8, 4) is 5.69 Å². The lowest BCUT2D eigenvalue weighted by molar-refractivity contribution is 0.626. The first-order valence-corrected chi connectivity index (χ1v) is 6.57. The van der Waals surface area contributed by atoms with E-state index in [-0.39, 0.29) is 5.82 Å². The molecule has 0 amide bonds. The SMILES string of the molecule is CCCc1nn(C)c2c1nc(N)n2-c1cccc(F)c1. The molecule has 1 aromatic carbocycles. The summed E-state index contributed by atoms with van der Waals surface area (Å²) in [7, 11) is 1.85. The van der Waals surface area contributed by atoms with Gasteiger partial charge >= 0.3 is 0 Å². The minimum absolute atomic E-state index is 0.306. The number of fused-ring (bicyclic) bond motifs is 1. The Labute approximate surface area is 115 Å². The van der Waals surface area contributed by atoms with E-state index in [1.807, 2.05) is 7.05 Å². The molecule has 6 heteroatoms. The van der Waals surface area contributed by atoms with Gasteiger partial charge in [0.2, 0.25) is 5.95 Å². The third kappa shape index (κ3) is 1.84. The van der Waals surface area contributed by atoms with Gasteiger partial charge in [-0.1, -0.05) is 19.4 Å². The number of halogens is 1. The summed E-state index contributed by atoms with van der Waals surface area (Å²) < 4.78 is 16.9. The summed E-state index contributed by atoms with van der Waals surface area (Å²) >= 11 is 0. The molecule has 2 N–H and O–H groups in total. The molecule has 20 heavy (non-hydrogen) atoms. The molecule has 104 valence electrons. The fourth-order valence-electron chi connectivity index (χ4n) is 2.47. The molecule has 0 aliphatic carbocycles. The Morgan fingerprint density at radius 1 is 1.35 bits per heavy atom. The number of nitrogens with two attached hydrogens (primary N) is 1. The van der Waals surface area contributed by atoms with Gasteiger partial charge in [-0.3, -0.25) is 4.57 Å². The summed E-state index contributed by atoms with van der Waals surface area (Å²) in [6, 6.07) is 6.29. The maximum absolute atomic E-state index is 13.4. The summed E-state index contributed by atoms with van der Waals surface area (Å²) in [5.41, 5.74) is 9.15. The van der Waals surface area contributed by atoms with Crippen molar-refractivity contribution >= 4 is 17.1 Å². The Morgan fingerprint density at radius 2 is 2.15 bits per heavy atom. The number of aryl methyl sites for hydroxylation is 2. The molecule has 3 rings (SSSR count). The van der Waals surface area contributed by atoms with Crippen LogP contribution < -0.4 is 5.73 Å². The molecular weight excluding hydrogens is 257 g/mol. The average Bonchev–Trinajstić information content (AvgIpc) is 2.88. The van der Waals surface area contributed by atoms with Crippen molar-refractivity contribution in [2.45, 2.75) is 19.8 Å². The predicted molar refractivity (Wildman–Crippen MR) is 76.2 cm³/mol. The van der Waals surface area contributed by atoms with Crippen molar-refractivity contribution in [3.63, 3.8) is 0 Å². The predicted octanol–water partition coefficient (Wildman–Crippen LogP) is 2.43. The van der Waals surface area contributed by atoms with E-state index in [0.717, 1.165) is 29.7 Å². The van der Waals surface area contributed by atoms with Crippen molar-refractivity contribution in [2.24, 2.45) is 7.05 Å².